The van der Waals surface area contributed by atoms with Gasteiger partial charge in [0.2, 0.25) is 6.54 Å². The van der Waals surface area contributed by atoms with E-state index in [4.69, 9.17) is 26.3 Å². The summed E-state index contributed by atoms with van der Waals surface area (Å²) in [5.41, 5.74) is 4.93. The number of piperazine rings is 1. The van der Waals surface area contributed by atoms with Gasteiger partial charge in [-0.05, 0) is 75.4 Å². The largest absolute Gasteiger partial charge is 0.462 e. The zero-order valence-corrected chi connectivity index (χ0v) is 23.9. The van der Waals surface area contributed by atoms with Crippen LogP contribution in [0.1, 0.15) is 36.8 Å². The van der Waals surface area contributed by atoms with Crippen LogP contribution in [0.25, 0.3) is 27.1 Å². The molecular weight excluding hydrogens is 535 g/mol. The fourth-order valence-corrected chi connectivity index (χ4v) is 6.40. The van der Waals surface area contributed by atoms with E-state index in [1.54, 1.807) is 0 Å². The summed E-state index contributed by atoms with van der Waals surface area (Å²) in [6, 6.07) is 3.99. The summed E-state index contributed by atoms with van der Waals surface area (Å²) < 4.78 is 20.0. The Labute approximate surface area is 245 Å². The van der Waals surface area contributed by atoms with Crippen molar-refractivity contribution in [1.29, 1.82) is 0 Å². The molecule has 11 heteroatoms. The number of rotatable bonds is 7. The third-order valence-corrected chi connectivity index (χ3v) is 8.72. The average Bonchev–Trinajstić information content (AvgIpc) is 3.43. The first-order chi connectivity index (χ1) is 20.4. The van der Waals surface area contributed by atoms with Crippen molar-refractivity contribution in [1.82, 2.24) is 29.7 Å². The lowest BCUT2D eigenvalue weighted by molar-refractivity contribution is -0.131. The molecule has 0 bridgehead atoms. The van der Waals surface area contributed by atoms with Gasteiger partial charge in [0.15, 0.2) is 11.5 Å². The SMILES string of the molecule is [C-]#[N+]C[C@H]1CN(c2nc(OC[C@@H]3CCCN3C)nc3nc(-c4cncc5c4CCCC5)ccc23)CCN1C(=O)C(=C)F. The molecule has 3 aromatic heterocycles. The minimum atomic E-state index is -1.02. The number of ether oxygens (including phenoxy) is 1. The second-order valence-electron chi connectivity index (χ2n) is 11.4. The molecule has 3 aliphatic rings. The van der Waals surface area contributed by atoms with Crippen LogP contribution in [0.15, 0.2) is 36.9 Å². The molecule has 0 radical (unpaired) electrons. The van der Waals surface area contributed by atoms with Crippen molar-refractivity contribution in [3.8, 4) is 17.3 Å². The number of pyridine rings is 2. The fourth-order valence-electron chi connectivity index (χ4n) is 6.40. The Kier molecular flexibility index (Phi) is 7.98. The Bertz CT molecular complexity index is 1560. The maximum Gasteiger partial charge on any atom is 0.320 e. The van der Waals surface area contributed by atoms with Crippen LogP contribution >= 0.6 is 0 Å². The lowest BCUT2D eigenvalue weighted by atomic mass is 9.89. The molecule has 3 aromatic rings. The highest BCUT2D eigenvalue weighted by Crippen LogP contribution is 2.33. The van der Waals surface area contributed by atoms with E-state index in [9.17, 15) is 9.18 Å². The van der Waals surface area contributed by atoms with Crippen LogP contribution in [-0.2, 0) is 17.6 Å². The van der Waals surface area contributed by atoms with Crippen molar-refractivity contribution in [2.24, 2.45) is 0 Å². The van der Waals surface area contributed by atoms with Gasteiger partial charge in [0.1, 0.15) is 18.5 Å². The van der Waals surface area contributed by atoms with E-state index >= 15 is 0 Å². The molecule has 1 aliphatic carbocycles. The Morgan fingerprint density at radius 2 is 1.98 bits per heavy atom. The summed E-state index contributed by atoms with van der Waals surface area (Å²) >= 11 is 0. The van der Waals surface area contributed by atoms with Gasteiger partial charge in [0.05, 0.1) is 11.1 Å². The zero-order chi connectivity index (χ0) is 29.2. The van der Waals surface area contributed by atoms with Gasteiger partial charge >= 0.3 is 6.01 Å². The summed E-state index contributed by atoms with van der Waals surface area (Å²) in [5.74, 6) is -1.16. The number of nitrogens with zero attached hydrogens (tertiary/aromatic N) is 8. The first kappa shape index (κ1) is 28.0. The van der Waals surface area contributed by atoms with Crippen LogP contribution in [0.2, 0.25) is 0 Å². The van der Waals surface area contributed by atoms with Crippen LogP contribution in [0.5, 0.6) is 6.01 Å². The predicted molar refractivity (Wildman–Crippen MR) is 158 cm³/mol. The second-order valence-corrected chi connectivity index (χ2v) is 11.4. The molecule has 5 heterocycles. The number of aryl methyl sites for hydroxylation is 1. The maximum atomic E-state index is 13.8. The van der Waals surface area contributed by atoms with E-state index in [1.165, 1.54) is 22.4 Å². The molecule has 0 spiro atoms. The van der Waals surface area contributed by atoms with Gasteiger partial charge in [-0.1, -0.05) is 6.58 Å². The number of hydrogen-bond acceptors (Lipinski definition) is 8. The predicted octanol–water partition coefficient (Wildman–Crippen LogP) is 3.86. The Morgan fingerprint density at radius 1 is 1.12 bits per heavy atom. The van der Waals surface area contributed by atoms with Crippen molar-refractivity contribution in [3.05, 3.63) is 59.5 Å². The molecular formula is C31H35FN8O2. The Morgan fingerprint density at radius 3 is 2.76 bits per heavy atom. The molecule has 1 amide bonds. The van der Waals surface area contributed by atoms with Crippen molar-refractivity contribution in [2.75, 3.05) is 51.3 Å². The first-order valence-electron chi connectivity index (χ1n) is 14.6. The molecule has 42 heavy (non-hydrogen) atoms. The summed E-state index contributed by atoms with van der Waals surface area (Å²) in [7, 11) is 2.10. The highest BCUT2D eigenvalue weighted by atomic mass is 19.1. The number of likely N-dealkylation sites (N-methyl/N-ethyl adjacent to an activating group) is 1. The van der Waals surface area contributed by atoms with Gasteiger partial charge in [-0.2, -0.15) is 9.97 Å². The number of anilines is 1. The average molecular weight is 571 g/mol. The van der Waals surface area contributed by atoms with Crippen LogP contribution in [0, 0.1) is 6.57 Å². The quantitative estimate of drug-likeness (QED) is 0.313. The standard InChI is InChI=1S/C31H35FN8O2/c1-20(32)30(41)40-14-13-39(18-23(40)16-33-2)29-25-10-11-27(26-17-34-15-21-7-4-5-9-24(21)26)35-28(25)36-31(37-29)42-19-22-8-6-12-38(22)3/h10-11,15,17,22-23H,1,4-9,12-14,16,18-19H2,3H3/t22-,23-/m0/s1. The highest BCUT2D eigenvalue weighted by molar-refractivity contribution is 5.92. The van der Waals surface area contributed by atoms with E-state index in [0.717, 1.165) is 55.3 Å². The minimum absolute atomic E-state index is 0.0461. The first-order valence-corrected chi connectivity index (χ1v) is 14.6. The number of likely N-dealkylation sites (tertiary alicyclic amines) is 1. The number of aromatic nitrogens is 4. The molecule has 2 aliphatic heterocycles. The van der Waals surface area contributed by atoms with Gasteiger partial charge in [-0.25, -0.2) is 15.9 Å². The Balaban J connectivity index is 1.38. The summed E-state index contributed by atoms with van der Waals surface area (Å²) in [4.78, 5) is 40.8. The number of amides is 1. The molecule has 2 atom stereocenters. The molecule has 0 N–H and O–H groups in total. The molecule has 0 saturated carbocycles. The Hall–Kier alpha value is -4.17. The number of halogens is 1. The molecule has 0 unspecified atom stereocenters. The van der Waals surface area contributed by atoms with E-state index < -0.39 is 17.8 Å². The third-order valence-electron chi connectivity index (χ3n) is 8.72. The fraction of sp³-hybridized carbons (Fsp3) is 0.484. The van der Waals surface area contributed by atoms with Crippen molar-refractivity contribution < 1.29 is 13.9 Å². The zero-order valence-electron chi connectivity index (χ0n) is 23.9. The summed E-state index contributed by atoms with van der Waals surface area (Å²) in [5, 5.41) is 0.748. The number of carbonyl (C=O) groups excluding carboxylic acids is 1. The van der Waals surface area contributed by atoms with Gasteiger partial charge in [0.25, 0.3) is 5.91 Å². The van der Waals surface area contributed by atoms with Gasteiger partial charge < -0.3 is 24.3 Å². The van der Waals surface area contributed by atoms with Crippen LogP contribution in [-0.4, -0.2) is 94.1 Å². The van der Waals surface area contributed by atoms with Crippen LogP contribution in [0.3, 0.4) is 0 Å². The van der Waals surface area contributed by atoms with Crippen LogP contribution in [0.4, 0.5) is 10.2 Å². The lowest BCUT2D eigenvalue weighted by Gasteiger charge is -2.39. The van der Waals surface area contributed by atoms with Gasteiger partial charge in [-0.3, -0.25) is 9.78 Å². The normalized spacial score (nSPS) is 20.8. The molecule has 6 rings (SSSR count). The van der Waals surface area contributed by atoms with E-state index in [1.807, 2.05) is 29.4 Å². The molecule has 0 aromatic carbocycles. The number of carbonyl (C=O) groups is 1. The topological polar surface area (TPSA) is 91.9 Å². The smallest absolute Gasteiger partial charge is 0.320 e. The van der Waals surface area contributed by atoms with Crippen molar-refractivity contribution >= 4 is 22.8 Å². The second kappa shape index (κ2) is 12.0. The molecule has 2 fully saturated rings. The number of hydrogen-bond donors (Lipinski definition) is 0. The van der Waals surface area contributed by atoms with Gasteiger partial charge in [-0.15, -0.1) is 0 Å². The third kappa shape index (κ3) is 5.51. The molecule has 218 valence electrons. The minimum Gasteiger partial charge on any atom is -0.462 e. The van der Waals surface area contributed by atoms with Crippen molar-refractivity contribution in [3.63, 3.8) is 0 Å². The van der Waals surface area contributed by atoms with E-state index in [2.05, 4.69) is 28.4 Å². The monoisotopic (exact) mass is 570 g/mol. The molecule has 10 nitrogen and oxygen atoms in total. The van der Waals surface area contributed by atoms with Crippen molar-refractivity contribution in [2.45, 2.75) is 50.6 Å². The number of fused-ring (bicyclic) bond motifs is 2. The van der Waals surface area contributed by atoms with E-state index in [0.29, 0.717) is 37.2 Å². The maximum absolute atomic E-state index is 13.8. The molecule has 2 saturated heterocycles. The summed E-state index contributed by atoms with van der Waals surface area (Å²) in [6.07, 6.45) is 10.4. The highest BCUT2D eigenvalue weighted by Gasteiger charge is 2.35. The van der Waals surface area contributed by atoms with Crippen LogP contribution < -0.4 is 9.64 Å². The van der Waals surface area contributed by atoms with E-state index in [-0.39, 0.29) is 19.1 Å². The van der Waals surface area contributed by atoms with Gasteiger partial charge in [0, 0.05) is 43.6 Å². The summed E-state index contributed by atoms with van der Waals surface area (Å²) in [6.45, 7) is 13.1. The lowest BCUT2D eigenvalue weighted by Crippen LogP contribution is -2.56.